The number of rotatable bonds is 3. The first-order chi connectivity index (χ1) is 10.1. The Morgan fingerprint density at radius 2 is 2.00 bits per heavy atom. The second-order valence-corrected chi connectivity index (χ2v) is 4.53. The number of aryl methyl sites for hydroxylation is 1. The third kappa shape index (κ3) is 4.04. The molecule has 0 unspecified atom stereocenters. The van der Waals surface area contributed by atoms with Crippen LogP contribution in [0.5, 0.6) is 5.75 Å². The van der Waals surface area contributed by atoms with E-state index in [4.69, 9.17) is 10.5 Å². The molecule has 0 amide bonds. The Balaban J connectivity index is 2.16. The van der Waals surface area contributed by atoms with Crippen LogP contribution in [0.3, 0.4) is 0 Å². The molecule has 0 spiro atoms. The second-order valence-electron chi connectivity index (χ2n) is 4.53. The summed E-state index contributed by atoms with van der Waals surface area (Å²) in [5.41, 5.74) is 6.88. The predicted octanol–water partition coefficient (Wildman–Crippen LogP) is 3.16. The summed E-state index contributed by atoms with van der Waals surface area (Å²) in [7, 11) is 0. The molecule has 0 atom stereocenters. The van der Waals surface area contributed by atoms with Gasteiger partial charge in [0.2, 0.25) is 0 Å². The lowest BCUT2D eigenvalue weighted by Crippen LogP contribution is -2.00. The fourth-order valence-corrected chi connectivity index (χ4v) is 1.85. The Hall–Kier alpha value is -2.38. The highest BCUT2D eigenvalue weighted by Crippen LogP contribution is 2.21. The van der Waals surface area contributed by atoms with Gasteiger partial charge in [0.05, 0.1) is 6.54 Å². The first-order valence-electron chi connectivity index (χ1n) is 6.46. The van der Waals surface area contributed by atoms with Gasteiger partial charge in [0, 0.05) is 5.56 Å². The number of benzene rings is 2. The zero-order valence-electron chi connectivity index (χ0n) is 11.6. The Labute approximate surface area is 122 Å². The fourth-order valence-electron chi connectivity index (χ4n) is 1.85. The lowest BCUT2D eigenvalue weighted by Gasteiger charge is -2.09. The number of nitrogens with two attached hydrogens (primary N) is 1. The number of halogens is 2. The second kappa shape index (κ2) is 6.87. The van der Waals surface area contributed by atoms with E-state index in [2.05, 4.69) is 11.8 Å². The van der Waals surface area contributed by atoms with Crippen molar-refractivity contribution in [1.82, 2.24) is 0 Å². The van der Waals surface area contributed by atoms with Crippen molar-refractivity contribution >= 4 is 0 Å². The Bertz CT molecular complexity index is 702. The van der Waals surface area contributed by atoms with Crippen molar-refractivity contribution in [3.63, 3.8) is 0 Å². The quantitative estimate of drug-likeness (QED) is 0.880. The zero-order valence-corrected chi connectivity index (χ0v) is 11.6. The highest BCUT2D eigenvalue weighted by molar-refractivity contribution is 5.38. The average molecular weight is 287 g/mol. The molecule has 0 aliphatic heterocycles. The molecule has 2 aromatic rings. The summed E-state index contributed by atoms with van der Waals surface area (Å²) in [6.45, 7) is 1.93. The van der Waals surface area contributed by atoms with Crippen LogP contribution < -0.4 is 10.5 Å². The lowest BCUT2D eigenvalue weighted by atomic mass is 10.1. The zero-order chi connectivity index (χ0) is 15.2. The predicted molar refractivity (Wildman–Crippen MR) is 77.8 cm³/mol. The maximum absolute atomic E-state index is 13.8. The summed E-state index contributed by atoms with van der Waals surface area (Å²) in [6.07, 6.45) is 0. The van der Waals surface area contributed by atoms with Gasteiger partial charge in [-0.1, -0.05) is 24.0 Å². The van der Waals surface area contributed by atoms with Crippen LogP contribution in [-0.4, -0.2) is 6.54 Å². The van der Waals surface area contributed by atoms with E-state index in [1.54, 1.807) is 25.1 Å². The van der Waals surface area contributed by atoms with Gasteiger partial charge in [-0.15, -0.1) is 0 Å². The standard InChI is InChI=1S/C17H15F2NO/c1-12-4-2-6-16(17(12)19)21-11-14-8-13(5-3-7-20)9-15(18)10-14/h2,4,6,8-10H,7,11,20H2,1H3. The van der Waals surface area contributed by atoms with Gasteiger partial charge in [-0.2, -0.15) is 0 Å². The van der Waals surface area contributed by atoms with Crippen molar-refractivity contribution in [2.24, 2.45) is 5.73 Å². The summed E-state index contributed by atoms with van der Waals surface area (Å²) in [5, 5.41) is 0. The molecule has 2 aromatic carbocycles. The van der Waals surface area contributed by atoms with Crippen LogP contribution in [0.1, 0.15) is 16.7 Å². The number of ether oxygens (including phenoxy) is 1. The van der Waals surface area contributed by atoms with E-state index in [9.17, 15) is 8.78 Å². The minimum atomic E-state index is -0.415. The van der Waals surface area contributed by atoms with Crippen molar-refractivity contribution in [2.75, 3.05) is 6.54 Å². The van der Waals surface area contributed by atoms with E-state index < -0.39 is 11.6 Å². The van der Waals surface area contributed by atoms with Crippen LogP contribution in [-0.2, 0) is 6.61 Å². The molecular formula is C17H15F2NO. The third-order valence-electron chi connectivity index (χ3n) is 2.84. The van der Waals surface area contributed by atoms with E-state index >= 15 is 0 Å². The fraction of sp³-hybridized carbons (Fsp3) is 0.176. The smallest absolute Gasteiger partial charge is 0.167 e. The highest BCUT2D eigenvalue weighted by Gasteiger charge is 2.07. The van der Waals surface area contributed by atoms with Gasteiger partial charge < -0.3 is 10.5 Å². The molecule has 0 fully saturated rings. The summed E-state index contributed by atoms with van der Waals surface area (Å²) >= 11 is 0. The van der Waals surface area contributed by atoms with E-state index in [1.807, 2.05) is 0 Å². The van der Waals surface area contributed by atoms with Crippen molar-refractivity contribution in [1.29, 1.82) is 0 Å². The van der Waals surface area contributed by atoms with Crippen molar-refractivity contribution in [2.45, 2.75) is 13.5 Å². The molecule has 0 aliphatic rings. The molecule has 0 bridgehead atoms. The normalized spacial score (nSPS) is 9.90. The minimum absolute atomic E-state index is 0.0649. The Kier molecular flexibility index (Phi) is 4.91. The molecule has 2 nitrogen and oxygen atoms in total. The molecule has 2 rings (SSSR count). The van der Waals surface area contributed by atoms with Gasteiger partial charge in [0.25, 0.3) is 0 Å². The van der Waals surface area contributed by atoms with E-state index in [0.29, 0.717) is 16.7 Å². The van der Waals surface area contributed by atoms with Crippen LogP contribution in [0.2, 0.25) is 0 Å². The molecule has 0 aliphatic carbocycles. The summed E-state index contributed by atoms with van der Waals surface area (Å²) in [5.74, 6) is 4.75. The summed E-state index contributed by atoms with van der Waals surface area (Å²) in [6, 6.07) is 9.25. The molecule has 0 heterocycles. The van der Waals surface area contributed by atoms with Gasteiger partial charge in [-0.25, -0.2) is 8.78 Å². The van der Waals surface area contributed by atoms with Crippen molar-refractivity contribution in [3.05, 3.63) is 64.7 Å². The first-order valence-corrected chi connectivity index (χ1v) is 6.46. The summed E-state index contributed by atoms with van der Waals surface area (Å²) in [4.78, 5) is 0. The molecule has 0 saturated carbocycles. The van der Waals surface area contributed by atoms with E-state index in [-0.39, 0.29) is 18.9 Å². The molecule has 108 valence electrons. The SMILES string of the molecule is Cc1cccc(OCc2cc(F)cc(C#CCN)c2)c1F. The van der Waals surface area contributed by atoms with Crippen LogP contribution in [0.15, 0.2) is 36.4 Å². The van der Waals surface area contributed by atoms with Crippen molar-refractivity contribution in [3.8, 4) is 17.6 Å². The molecule has 21 heavy (non-hydrogen) atoms. The number of hydrogen-bond donors (Lipinski definition) is 1. The molecule has 0 aromatic heterocycles. The molecular weight excluding hydrogens is 272 g/mol. The van der Waals surface area contributed by atoms with Gasteiger partial charge in [0.1, 0.15) is 12.4 Å². The lowest BCUT2D eigenvalue weighted by molar-refractivity contribution is 0.289. The van der Waals surface area contributed by atoms with Gasteiger partial charge in [-0.3, -0.25) is 0 Å². The van der Waals surface area contributed by atoms with Gasteiger partial charge >= 0.3 is 0 Å². The van der Waals surface area contributed by atoms with Crippen LogP contribution in [0.25, 0.3) is 0 Å². The average Bonchev–Trinajstić information content (AvgIpc) is 2.46. The third-order valence-corrected chi connectivity index (χ3v) is 2.84. The monoisotopic (exact) mass is 287 g/mol. The first kappa shape index (κ1) is 15.0. The Morgan fingerprint density at radius 3 is 2.76 bits per heavy atom. The maximum atomic E-state index is 13.8. The maximum Gasteiger partial charge on any atom is 0.167 e. The van der Waals surface area contributed by atoms with Gasteiger partial charge in [0.15, 0.2) is 11.6 Å². The Morgan fingerprint density at radius 1 is 1.19 bits per heavy atom. The highest BCUT2D eigenvalue weighted by atomic mass is 19.1. The van der Waals surface area contributed by atoms with Crippen LogP contribution in [0, 0.1) is 30.4 Å². The minimum Gasteiger partial charge on any atom is -0.486 e. The molecule has 4 heteroatoms. The molecule has 0 saturated heterocycles. The number of hydrogen-bond acceptors (Lipinski definition) is 2. The topological polar surface area (TPSA) is 35.2 Å². The van der Waals surface area contributed by atoms with E-state index in [0.717, 1.165) is 0 Å². The summed E-state index contributed by atoms with van der Waals surface area (Å²) < 4.78 is 32.7. The van der Waals surface area contributed by atoms with Gasteiger partial charge in [-0.05, 0) is 42.3 Å². The van der Waals surface area contributed by atoms with E-state index in [1.165, 1.54) is 18.2 Å². The van der Waals surface area contributed by atoms with Crippen molar-refractivity contribution < 1.29 is 13.5 Å². The molecule has 0 radical (unpaired) electrons. The van der Waals surface area contributed by atoms with Crippen LogP contribution in [0.4, 0.5) is 8.78 Å². The molecule has 2 N–H and O–H groups in total. The van der Waals surface area contributed by atoms with Crippen LogP contribution >= 0.6 is 0 Å². The largest absolute Gasteiger partial charge is 0.486 e.